The van der Waals surface area contributed by atoms with Crippen molar-refractivity contribution in [3.8, 4) is 0 Å². The molecular weight excluding hydrogens is 290 g/mol. The van der Waals surface area contributed by atoms with E-state index in [1.807, 2.05) is 26.0 Å². The van der Waals surface area contributed by atoms with E-state index in [1.54, 1.807) is 29.4 Å². The first-order chi connectivity index (χ1) is 11.0. The van der Waals surface area contributed by atoms with E-state index in [-0.39, 0.29) is 24.2 Å². The van der Waals surface area contributed by atoms with E-state index in [0.717, 1.165) is 16.8 Å². The van der Waals surface area contributed by atoms with Gasteiger partial charge in [-0.15, -0.1) is 0 Å². The lowest BCUT2D eigenvalue weighted by Gasteiger charge is -2.18. The molecule has 1 fully saturated rings. The standard InChI is InChI=1S/C18H19N3O2/c1-12-6-13(2)8-16(7-12)21-11-14(9-17(21)22)18(23)20-15-4-3-5-19-10-15/h3-8,10,14H,9,11H2,1-2H3,(H,20,23). The van der Waals surface area contributed by atoms with Crippen LogP contribution in [0.15, 0.2) is 42.7 Å². The molecule has 0 spiro atoms. The molecule has 118 valence electrons. The molecule has 1 aromatic heterocycles. The van der Waals surface area contributed by atoms with E-state index >= 15 is 0 Å². The van der Waals surface area contributed by atoms with E-state index in [2.05, 4.69) is 16.4 Å². The van der Waals surface area contributed by atoms with Crippen molar-refractivity contribution < 1.29 is 9.59 Å². The Hall–Kier alpha value is -2.69. The van der Waals surface area contributed by atoms with Crippen LogP contribution in [0.4, 0.5) is 11.4 Å². The third kappa shape index (κ3) is 3.39. The molecule has 0 radical (unpaired) electrons. The highest BCUT2D eigenvalue weighted by atomic mass is 16.2. The van der Waals surface area contributed by atoms with Crippen LogP contribution in [0.1, 0.15) is 17.5 Å². The lowest BCUT2D eigenvalue weighted by Crippen LogP contribution is -2.28. The molecular formula is C18H19N3O2. The molecule has 1 N–H and O–H groups in total. The smallest absolute Gasteiger partial charge is 0.229 e. The van der Waals surface area contributed by atoms with E-state index in [0.29, 0.717) is 12.2 Å². The molecule has 1 atom stereocenters. The zero-order valence-corrected chi connectivity index (χ0v) is 13.2. The summed E-state index contributed by atoms with van der Waals surface area (Å²) < 4.78 is 0. The number of nitrogens with one attached hydrogen (secondary N) is 1. The molecule has 1 saturated heterocycles. The molecule has 1 aliphatic rings. The first-order valence-corrected chi connectivity index (χ1v) is 7.62. The van der Waals surface area contributed by atoms with Gasteiger partial charge in [-0.1, -0.05) is 6.07 Å². The number of carbonyl (C=O) groups excluding carboxylic acids is 2. The van der Waals surface area contributed by atoms with Gasteiger partial charge in [-0.05, 0) is 49.2 Å². The van der Waals surface area contributed by atoms with Crippen LogP contribution >= 0.6 is 0 Å². The summed E-state index contributed by atoms with van der Waals surface area (Å²) in [6.07, 6.45) is 3.48. The number of hydrogen-bond acceptors (Lipinski definition) is 3. The van der Waals surface area contributed by atoms with E-state index in [1.165, 1.54) is 0 Å². The number of nitrogens with zero attached hydrogens (tertiary/aromatic N) is 2. The second-order valence-corrected chi connectivity index (χ2v) is 5.98. The number of anilines is 2. The predicted molar refractivity (Wildman–Crippen MR) is 89.2 cm³/mol. The van der Waals surface area contributed by atoms with Crippen LogP contribution in [-0.2, 0) is 9.59 Å². The predicted octanol–water partition coefficient (Wildman–Crippen LogP) is 2.69. The Kier molecular flexibility index (Phi) is 4.10. The Morgan fingerprint density at radius 2 is 2.00 bits per heavy atom. The minimum Gasteiger partial charge on any atom is -0.324 e. The molecule has 23 heavy (non-hydrogen) atoms. The molecule has 2 amide bonds. The lowest BCUT2D eigenvalue weighted by molar-refractivity contribution is -0.122. The highest BCUT2D eigenvalue weighted by Gasteiger charge is 2.35. The molecule has 0 bridgehead atoms. The van der Waals surface area contributed by atoms with Crippen molar-refractivity contribution in [1.29, 1.82) is 0 Å². The van der Waals surface area contributed by atoms with Crippen LogP contribution in [0.25, 0.3) is 0 Å². The van der Waals surface area contributed by atoms with Crippen molar-refractivity contribution in [1.82, 2.24) is 4.98 Å². The van der Waals surface area contributed by atoms with Crippen molar-refractivity contribution >= 4 is 23.2 Å². The van der Waals surface area contributed by atoms with Gasteiger partial charge in [0.25, 0.3) is 0 Å². The summed E-state index contributed by atoms with van der Waals surface area (Å²) in [5.41, 5.74) is 3.73. The zero-order chi connectivity index (χ0) is 16.4. The largest absolute Gasteiger partial charge is 0.324 e. The molecule has 1 unspecified atom stereocenters. The highest BCUT2D eigenvalue weighted by molar-refractivity contribution is 6.03. The fourth-order valence-electron chi connectivity index (χ4n) is 2.92. The molecule has 1 aliphatic heterocycles. The lowest BCUT2D eigenvalue weighted by atomic mass is 10.1. The topological polar surface area (TPSA) is 62.3 Å². The van der Waals surface area contributed by atoms with Gasteiger partial charge in [-0.25, -0.2) is 0 Å². The molecule has 3 rings (SSSR count). The average Bonchev–Trinajstić information content (AvgIpc) is 2.89. The van der Waals surface area contributed by atoms with Crippen molar-refractivity contribution in [3.05, 3.63) is 53.9 Å². The first kappa shape index (κ1) is 15.2. The van der Waals surface area contributed by atoms with Crippen molar-refractivity contribution in [3.63, 3.8) is 0 Å². The molecule has 5 heteroatoms. The summed E-state index contributed by atoms with van der Waals surface area (Å²) in [7, 11) is 0. The maximum atomic E-state index is 12.4. The third-order valence-electron chi connectivity index (χ3n) is 3.94. The molecule has 2 aromatic rings. The summed E-state index contributed by atoms with van der Waals surface area (Å²) in [6, 6.07) is 9.57. The molecule has 2 heterocycles. The van der Waals surface area contributed by atoms with E-state index < -0.39 is 0 Å². The fraction of sp³-hybridized carbons (Fsp3) is 0.278. The van der Waals surface area contributed by atoms with Gasteiger partial charge in [-0.3, -0.25) is 14.6 Å². The first-order valence-electron chi connectivity index (χ1n) is 7.62. The minimum atomic E-state index is -0.344. The number of carbonyl (C=O) groups is 2. The van der Waals surface area contributed by atoms with Crippen LogP contribution < -0.4 is 10.2 Å². The zero-order valence-electron chi connectivity index (χ0n) is 13.2. The molecule has 0 aliphatic carbocycles. The van der Waals surface area contributed by atoms with Gasteiger partial charge in [-0.2, -0.15) is 0 Å². The highest BCUT2D eigenvalue weighted by Crippen LogP contribution is 2.27. The minimum absolute atomic E-state index is 0.0127. The van der Waals surface area contributed by atoms with Crippen molar-refractivity contribution in [2.24, 2.45) is 5.92 Å². The van der Waals surface area contributed by atoms with Gasteiger partial charge in [0.05, 0.1) is 17.8 Å². The maximum absolute atomic E-state index is 12.4. The van der Waals surface area contributed by atoms with Crippen LogP contribution in [-0.4, -0.2) is 23.3 Å². The Morgan fingerprint density at radius 3 is 2.65 bits per heavy atom. The van der Waals surface area contributed by atoms with Gasteiger partial charge in [0.1, 0.15) is 0 Å². The SMILES string of the molecule is Cc1cc(C)cc(N2CC(C(=O)Nc3cccnc3)CC2=O)c1. The summed E-state index contributed by atoms with van der Waals surface area (Å²) in [6.45, 7) is 4.42. The summed E-state index contributed by atoms with van der Waals surface area (Å²) in [4.78, 5) is 30.3. The fourth-order valence-corrected chi connectivity index (χ4v) is 2.92. The van der Waals surface area contributed by atoms with Gasteiger partial charge in [0.15, 0.2) is 0 Å². The maximum Gasteiger partial charge on any atom is 0.229 e. The number of aryl methyl sites for hydroxylation is 2. The van der Waals surface area contributed by atoms with Crippen molar-refractivity contribution in [2.45, 2.75) is 20.3 Å². The number of amides is 2. The Morgan fingerprint density at radius 1 is 1.26 bits per heavy atom. The third-order valence-corrected chi connectivity index (χ3v) is 3.94. The van der Waals surface area contributed by atoms with E-state index in [9.17, 15) is 9.59 Å². The molecule has 5 nitrogen and oxygen atoms in total. The molecule has 0 saturated carbocycles. The number of benzene rings is 1. The summed E-state index contributed by atoms with van der Waals surface area (Å²) in [5.74, 6) is -0.497. The number of rotatable bonds is 3. The van der Waals surface area contributed by atoms with Crippen LogP contribution in [0.3, 0.4) is 0 Å². The van der Waals surface area contributed by atoms with Crippen molar-refractivity contribution in [2.75, 3.05) is 16.8 Å². The molecule has 1 aromatic carbocycles. The summed E-state index contributed by atoms with van der Waals surface area (Å²) in [5, 5.41) is 2.82. The van der Waals surface area contributed by atoms with Crippen LogP contribution in [0, 0.1) is 19.8 Å². The number of hydrogen-bond donors (Lipinski definition) is 1. The quantitative estimate of drug-likeness (QED) is 0.948. The average molecular weight is 309 g/mol. The van der Waals surface area contributed by atoms with Gasteiger partial charge in [0.2, 0.25) is 11.8 Å². The number of pyridine rings is 1. The number of aromatic nitrogens is 1. The van der Waals surface area contributed by atoms with Crippen LogP contribution in [0.2, 0.25) is 0 Å². The van der Waals surface area contributed by atoms with Gasteiger partial charge >= 0.3 is 0 Å². The Balaban J connectivity index is 1.73. The second-order valence-electron chi connectivity index (χ2n) is 5.98. The van der Waals surface area contributed by atoms with Crippen LogP contribution in [0.5, 0.6) is 0 Å². The Labute approximate surface area is 135 Å². The second kappa shape index (κ2) is 6.20. The van der Waals surface area contributed by atoms with Gasteiger partial charge in [0, 0.05) is 24.8 Å². The monoisotopic (exact) mass is 309 g/mol. The normalized spacial score (nSPS) is 17.4. The van der Waals surface area contributed by atoms with Gasteiger partial charge < -0.3 is 10.2 Å². The summed E-state index contributed by atoms with van der Waals surface area (Å²) >= 11 is 0. The Bertz CT molecular complexity index is 723. The van der Waals surface area contributed by atoms with E-state index in [4.69, 9.17) is 0 Å².